The molecule has 1 rings (SSSR count). The largest absolute Gasteiger partial charge is 0.336 e. The zero-order valence-electron chi connectivity index (χ0n) is 8.21. The molecule has 0 bridgehead atoms. The summed E-state index contributed by atoms with van der Waals surface area (Å²) < 4.78 is 0. The normalized spacial score (nSPS) is 17.2. The number of ketones is 1. The van der Waals surface area contributed by atoms with E-state index in [2.05, 4.69) is 0 Å². The van der Waals surface area contributed by atoms with Crippen LogP contribution in [0.5, 0.6) is 0 Å². The van der Waals surface area contributed by atoms with Gasteiger partial charge in [0.1, 0.15) is 0 Å². The SMILES string of the molecule is CCCC(=O)C(=O)N1CCCCC1. The molecule has 0 aromatic rings. The molecular weight excluding hydrogens is 166 g/mol. The highest BCUT2D eigenvalue weighted by atomic mass is 16.2. The lowest BCUT2D eigenvalue weighted by Gasteiger charge is -2.25. The summed E-state index contributed by atoms with van der Waals surface area (Å²) in [5.74, 6) is -0.481. The fraction of sp³-hybridized carbons (Fsp3) is 0.800. The molecule has 0 radical (unpaired) electrons. The van der Waals surface area contributed by atoms with E-state index in [1.807, 2.05) is 6.92 Å². The summed E-state index contributed by atoms with van der Waals surface area (Å²) in [4.78, 5) is 24.4. The van der Waals surface area contributed by atoms with Crippen LogP contribution in [0.1, 0.15) is 39.0 Å². The Kier molecular flexibility index (Phi) is 3.93. The van der Waals surface area contributed by atoms with Crippen molar-refractivity contribution in [2.75, 3.05) is 13.1 Å². The predicted molar refractivity (Wildman–Crippen MR) is 50.3 cm³/mol. The number of nitrogens with zero attached hydrogens (tertiary/aromatic N) is 1. The molecule has 0 aromatic heterocycles. The second kappa shape index (κ2) is 5.00. The summed E-state index contributed by atoms with van der Waals surface area (Å²) in [5, 5.41) is 0. The van der Waals surface area contributed by atoms with Crippen molar-refractivity contribution in [1.29, 1.82) is 0 Å². The predicted octanol–water partition coefficient (Wildman–Crippen LogP) is 1.37. The number of hydrogen-bond acceptors (Lipinski definition) is 2. The van der Waals surface area contributed by atoms with Crippen molar-refractivity contribution in [1.82, 2.24) is 4.90 Å². The molecule has 0 atom stereocenters. The molecule has 0 unspecified atom stereocenters. The zero-order chi connectivity index (χ0) is 9.68. The van der Waals surface area contributed by atoms with Gasteiger partial charge in [-0.3, -0.25) is 9.59 Å². The number of piperidine rings is 1. The van der Waals surface area contributed by atoms with Crippen molar-refractivity contribution in [2.24, 2.45) is 0 Å². The fourth-order valence-electron chi connectivity index (χ4n) is 1.61. The monoisotopic (exact) mass is 183 g/mol. The van der Waals surface area contributed by atoms with E-state index < -0.39 is 0 Å². The minimum Gasteiger partial charge on any atom is -0.336 e. The first-order chi connectivity index (χ1) is 6.25. The standard InChI is InChI=1S/C10H17NO2/c1-2-6-9(12)10(13)11-7-4-3-5-8-11/h2-8H2,1H3. The summed E-state index contributed by atoms with van der Waals surface area (Å²) in [6.45, 7) is 3.46. The molecule has 0 N–H and O–H groups in total. The van der Waals surface area contributed by atoms with Gasteiger partial charge in [-0.2, -0.15) is 0 Å². The Morgan fingerprint density at radius 3 is 2.31 bits per heavy atom. The molecular formula is C10H17NO2. The third-order valence-electron chi connectivity index (χ3n) is 2.36. The highest BCUT2D eigenvalue weighted by Gasteiger charge is 2.21. The molecule has 1 heterocycles. The summed E-state index contributed by atoms with van der Waals surface area (Å²) in [6.07, 6.45) is 4.44. The van der Waals surface area contributed by atoms with E-state index in [1.165, 1.54) is 6.42 Å². The highest BCUT2D eigenvalue weighted by molar-refractivity contribution is 6.36. The summed E-state index contributed by atoms with van der Waals surface area (Å²) in [7, 11) is 0. The van der Waals surface area contributed by atoms with E-state index in [0.29, 0.717) is 6.42 Å². The molecule has 0 spiro atoms. The molecule has 0 saturated carbocycles. The number of amides is 1. The van der Waals surface area contributed by atoms with Gasteiger partial charge in [0.15, 0.2) is 0 Å². The third kappa shape index (κ3) is 2.83. The maximum Gasteiger partial charge on any atom is 0.289 e. The van der Waals surface area contributed by atoms with E-state index in [1.54, 1.807) is 4.90 Å². The van der Waals surface area contributed by atoms with Gasteiger partial charge in [0.05, 0.1) is 0 Å². The molecule has 0 aromatic carbocycles. The lowest BCUT2D eigenvalue weighted by atomic mass is 10.1. The first kappa shape index (κ1) is 10.2. The maximum absolute atomic E-state index is 11.5. The lowest BCUT2D eigenvalue weighted by molar-refractivity contribution is -0.145. The average molecular weight is 183 g/mol. The molecule has 1 aliphatic heterocycles. The van der Waals surface area contributed by atoms with Gasteiger partial charge in [0.25, 0.3) is 5.91 Å². The van der Waals surface area contributed by atoms with E-state index in [9.17, 15) is 9.59 Å². The van der Waals surface area contributed by atoms with Crippen LogP contribution in [0, 0.1) is 0 Å². The molecule has 3 nitrogen and oxygen atoms in total. The van der Waals surface area contributed by atoms with E-state index >= 15 is 0 Å². The van der Waals surface area contributed by atoms with Crippen molar-refractivity contribution in [2.45, 2.75) is 39.0 Å². The zero-order valence-corrected chi connectivity index (χ0v) is 8.21. The van der Waals surface area contributed by atoms with Crippen LogP contribution in [-0.2, 0) is 9.59 Å². The van der Waals surface area contributed by atoms with Crippen molar-refractivity contribution >= 4 is 11.7 Å². The molecule has 3 heteroatoms. The van der Waals surface area contributed by atoms with E-state index in [0.717, 1.165) is 32.4 Å². The van der Waals surface area contributed by atoms with Gasteiger partial charge in [0, 0.05) is 19.5 Å². The van der Waals surface area contributed by atoms with Gasteiger partial charge in [-0.05, 0) is 25.7 Å². The quantitative estimate of drug-likeness (QED) is 0.620. The highest BCUT2D eigenvalue weighted by Crippen LogP contribution is 2.09. The van der Waals surface area contributed by atoms with Crippen molar-refractivity contribution in [3.63, 3.8) is 0 Å². The van der Waals surface area contributed by atoms with Gasteiger partial charge in [-0.1, -0.05) is 6.92 Å². The Labute approximate surface area is 79.1 Å². The molecule has 1 aliphatic rings. The molecule has 1 fully saturated rings. The van der Waals surface area contributed by atoms with Crippen LogP contribution < -0.4 is 0 Å². The van der Waals surface area contributed by atoms with Crippen LogP contribution in [-0.4, -0.2) is 29.7 Å². The third-order valence-corrected chi connectivity index (χ3v) is 2.36. The number of likely N-dealkylation sites (tertiary alicyclic amines) is 1. The first-order valence-electron chi connectivity index (χ1n) is 5.07. The van der Waals surface area contributed by atoms with Crippen molar-refractivity contribution in [3.05, 3.63) is 0 Å². The van der Waals surface area contributed by atoms with Gasteiger partial charge < -0.3 is 4.90 Å². The molecule has 74 valence electrons. The van der Waals surface area contributed by atoms with Crippen LogP contribution in [0.3, 0.4) is 0 Å². The summed E-state index contributed by atoms with van der Waals surface area (Å²) in [5.41, 5.74) is 0. The Hall–Kier alpha value is -0.860. The van der Waals surface area contributed by atoms with Gasteiger partial charge in [0.2, 0.25) is 5.78 Å². The molecule has 1 saturated heterocycles. The first-order valence-corrected chi connectivity index (χ1v) is 5.07. The topological polar surface area (TPSA) is 37.4 Å². The minimum absolute atomic E-state index is 0.218. The van der Waals surface area contributed by atoms with Gasteiger partial charge in [-0.15, -0.1) is 0 Å². The van der Waals surface area contributed by atoms with Gasteiger partial charge in [-0.25, -0.2) is 0 Å². The smallest absolute Gasteiger partial charge is 0.289 e. The Morgan fingerprint density at radius 1 is 1.15 bits per heavy atom. The minimum atomic E-state index is -0.262. The second-order valence-electron chi connectivity index (χ2n) is 3.53. The van der Waals surface area contributed by atoms with E-state index in [-0.39, 0.29) is 11.7 Å². The second-order valence-corrected chi connectivity index (χ2v) is 3.53. The number of Topliss-reactive ketones (excluding diaryl/α,β-unsaturated/α-hetero) is 1. The molecule has 13 heavy (non-hydrogen) atoms. The average Bonchev–Trinajstić information content (AvgIpc) is 2.18. The van der Waals surface area contributed by atoms with Crippen LogP contribution >= 0.6 is 0 Å². The van der Waals surface area contributed by atoms with Gasteiger partial charge >= 0.3 is 0 Å². The van der Waals surface area contributed by atoms with Crippen molar-refractivity contribution < 1.29 is 9.59 Å². The maximum atomic E-state index is 11.5. The van der Waals surface area contributed by atoms with Crippen molar-refractivity contribution in [3.8, 4) is 0 Å². The number of rotatable bonds is 3. The molecule has 0 aliphatic carbocycles. The van der Waals surface area contributed by atoms with Crippen LogP contribution in [0.25, 0.3) is 0 Å². The van der Waals surface area contributed by atoms with Crippen LogP contribution in [0.2, 0.25) is 0 Å². The Bertz CT molecular complexity index is 195. The molecule has 1 amide bonds. The number of carbonyl (C=O) groups is 2. The number of hydrogen-bond donors (Lipinski definition) is 0. The van der Waals surface area contributed by atoms with Crippen LogP contribution in [0.4, 0.5) is 0 Å². The summed E-state index contributed by atoms with van der Waals surface area (Å²) >= 11 is 0. The van der Waals surface area contributed by atoms with E-state index in [4.69, 9.17) is 0 Å². The fourth-order valence-corrected chi connectivity index (χ4v) is 1.61. The Balaban J connectivity index is 2.40. The lowest BCUT2D eigenvalue weighted by Crippen LogP contribution is -2.39. The summed E-state index contributed by atoms with van der Waals surface area (Å²) in [6, 6.07) is 0. The number of carbonyl (C=O) groups excluding carboxylic acids is 2. The van der Waals surface area contributed by atoms with Crippen LogP contribution in [0.15, 0.2) is 0 Å². The Morgan fingerprint density at radius 2 is 1.77 bits per heavy atom.